The number of rotatable bonds is 3. The SMILES string of the molecule is Cc1cc(N)cc(OCc2ccc(Br)cc2)c1. The summed E-state index contributed by atoms with van der Waals surface area (Å²) in [6.45, 7) is 2.55. The molecule has 0 fully saturated rings. The predicted octanol–water partition coefficient (Wildman–Crippen LogP) is 3.92. The van der Waals surface area contributed by atoms with Gasteiger partial charge in [-0.2, -0.15) is 0 Å². The van der Waals surface area contributed by atoms with E-state index in [9.17, 15) is 0 Å². The largest absolute Gasteiger partial charge is 0.489 e. The number of halogens is 1. The quantitative estimate of drug-likeness (QED) is 0.870. The Balaban J connectivity index is 2.04. The number of hydrogen-bond acceptors (Lipinski definition) is 2. The second-order valence-electron chi connectivity index (χ2n) is 3.99. The van der Waals surface area contributed by atoms with Crippen molar-refractivity contribution in [2.24, 2.45) is 0 Å². The highest BCUT2D eigenvalue weighted by atomic mass is 79.9. The van der Waals surface area contributed by atoms with Gasteiger partial charge in [-0.15, -0.1) is 0 Å². The lowest BCUT2D eigenvalue weighted by Crippen LogP contribution is -1.96. The van der Waals surface area contributed by atoms with E-state index < -0.39 is 0 Å². The van der Waals surface area contributed by atoms with Gasteiger partial charge < -0.3 is 10.5 Å². The summed E-state index contributed by atoms with van der Waals surface area (Å²) in [6.07, 6.45) is 0. The van der Waals surface area contributed by atoms with Crippen molar-refractivity contribution in [1.82, 2.24) is 0 Å². The zero-order valence-electron chi connectivity index (χ0n) is 9.61. The number of nitrogen functional groups attached to an aromatic ring is 1. The van der Waals surface area contributed by atoms with Crippen LogP contribution in [0.2, 0.25) is 0 Å². The van der Waals surface area contributed by atoms with E-state index in [1.165, 1.54) is 0 Å². The molecule has 3 heteroatoms. The molecule has 0 atom stereocenters. The molecule has 0 aliphatic carbocycles. The lowest BCUT2D eigenvalue weighted by molar-refractivity contribution is 0.306. The van der Waals surface area contributed by atoms with Gasteiger partial charge in [0.15, 0.2) is 0 Å². The summed E-state index contributed by atoms with van der Waals surface area (Å²) in [7, 11) is 0. The van der Waals surface area contributed by atoms with Gasteiger partial charge in [0.05, 0.1) is 0 Å². The topological polar surface area (TPSA) is 35.2 Å². The fraction of sp³-hybridized carbons (Fsp3) is 0.143. The third kappa shape index (κ3) is 3.49. The second kappa shape index (κ2) is 5.23. The summed E-state index contributed by atoms with van der Waals surface area (Å²) < 4.78 is 6.77. The second-order valence-corrected chi connectivity index (χ2v) is 4.91. The maximum atomic E-state index is 5.76. The molecule has 0 bridgehead atoms. The van der Waals surface area contributed by atoms with E-state index in [2.05, 4.69) is 15.9 Å². The molecule has 0 amide bonds. The van der Waals surface area contributed by atoms with Crippen LogP contribution in [0.1, 0.15) is 11.1 Å². The number of anilines is 1. The first kappa shape index (κ1) is 12.0. The van der Waals surface area contributed by atoms with Crippen molar-refractivity contribution >= 4 is 21.6 Å². The average molecular weight is 292 g/mol. The van der Waals surface area contributed by atoms with Crippen LogP contribution in [0, 0.1) is 6.92 Å². The zero-order valence-corrected chi connectivity index (χ0v) is 11.2. The maximum Gasteiger partial charge on any atom is 0.122 e. The fourth-order valence-electron chi connectivity index (χ4n) is 1.61. The van der Waals surface area contributed by atoms with Gasteiger partial charge in [-0.3, -0.25) is 0 Å². The average Bonchev–Trinajstić information content (AvgIpc) is 2.27. The molecule has 0 heterocycles. The number of hydrogen-bond donors (Lipinski definition) is 1. The summed E-state index contributed by atoms with van der Waals surface area (Å²) in [4.78, 5) is 0. The normalized spacial score (nSPS) is 10.2. The van der Waals surface area contributed by atoms with Crippen LogP contribution in [-0.2, 0) is 6.61 Å². The van der Waals surface area contributed by atoms with E-state index in [1.807, 2.05) is 49.4 Å². The van der Waals surface area contributed by atoms with E-state index in [1.54, 1.807) is 0 Å². The Kier molecular flexibility index (Phi) is 3.69. The molecule has 0 aromatic heterocycles. The number of ether oxygens (including phenoxy) is 1. The highest BCUT2D eigenvalue weighted by molar-refractivity contribution is 9.10. The first-order valence-electron chi connectivity index (χ1n) is 5.38. The molecule has 0 spiro atoms. The predicted molar refractivity (Wildman–Crippen MR) is 74.1 cm³/mol. The van der Waals surface area contributed by atoms with Crippen molar-refractivity contribution in [3.05, 3.63) is 58.1 Å². The van der Waals surface area contributed by atoms with Gasteiger partial charge in [0, 0.05) is 16.2 Å². The lowest BCUT2D eigenvalue weighted by Gasteiger charge is -2.08. The molecule has 0 radical (unpaired) electrons. The molecule has 0 saturated carbocycles. The standard InChI is InChI=1S/C14H14BrNO/c1-10-6-13(16)8-14(7-10)17-9-11-2-4-12(15)5-3-11/h2-8H,9,16H2,1H3. The summed E-state index contributed by atoms with van der Waals surface area (Å²) in [5, 5.41) is 0. The third-order valence-electron chi connectivity index (χ3n) is 2.39. The maximum absolute atomic E-state index is 5.76. The zero-order chi connectivity index (χ0) is 12.3. The molecule has 2 nitrogen and oxygen atoms in total. The Hall–Kier alpha value is -1.48. The lowest BCUT2D eigenvalue weighted by atomic mass is 10.2. The Morgan fingerprint density at radius 1 is 1.12 bits per heavy atom. The van der Waals surface area contributed by atoms with E-state index in [-0.39, 0.29) is 0 Å². The molecule has 17 heavy (non-hydrogen) atoms. The summed E-state index contributed by atoms with van der Waals surface area (Å²) in [6, 6.07) is 13.8. The minimum absolute atomic E-state index is 0.552. The summed E-state index contributed by atoms with van der Waals surface area (Å²) in [5.41, 5.74) is 8.73. The monoisotopic (exact) mass is 291 g/mol. The van der Waals surface area contributed by atoms with Gasteiger partial charge in [-0.1, -0.05) is 28.1 Å². The summed E-state index contributed by atoms with van der Waals surface area (Å²) in [5.74, 6) is 0.811. The van der Waals surface area contributed by atoms with Gasteiger partial charge in [0.25, 0.3) is 0 Å². The number of aryl methyl sites for hydroxylation is 1. The van der Waals surface area contributed by atoms with E-state index in [4.69, 9.17) is 10.5 Å². The van der Waals surface area contributed by atoms with Crippen LogP contribution in [0.4, 0.5) is 5.69 Å². The fourth-order valence-corrected chi connectivity index (χ4v) is 1.87. The van der Waals surface area contributed by atoms with E-state index >= 15 is 0 Å². The van der Waals surface area contributed by atoms with Crippen molar-refractivity contribution in [2.75, 3.05) is 5.73 Å². The Morgan fingerprint density at radius 3 is 2.47 bits per heavy atom. The first-order valence-corrected chi connectivity index (χ1v) is 6.17. The molecule has 88 valence electrons. The van der Waals surface area contributed by atoms with Gasteiger partial charge >= 0.3 is 0 Å². The summed E-state index contributed by atoms with van der Waals surface area (Å²) >= 11 is 3.40. The smallest absolute Gasteiger partial charge is 0.122 e. The van der Waals surface area contributed by atoms with Crippen molar-refractivity contribution in [3.63, 3.8) is 0 Å². The molecule has 2 aromatic carbocycles. The van der Waals surface area contributed by atoms with Crippen LogP contribution in [0.5, 0.6) is 5.75 Å². The van der Waals surface area contributed by atoms with Crippen molar-refractivity contribution in [3.8, 4) is 5.75 Å². The van der Waals surface area contributed by atoms with Crippen LogP contribution in [-0.4, -0.2) is 0 Å². The molecule has 0 aliphatic heterocycles. The van der Waals surface area contributed by atoms with Gasteiger partial charge in [0.2, 0.25) is 0 Å². The molecule has 0 saturated heterocycles. The Bertz CT molecular complexity index is 488. The van der Waals surface area contributed by atoms with Gasteiger partial charge in [0.1, 0.15) is 12.4 Å². The first-order chi connectivity index (χ1) is 8.13. The number of benzene rings is 2. The van der Waals surface area contributed by atoms with Crippen molar-refractivity contribution in [2.45, 2.75) is 13.5 Å². The van der Waals surface area contributed by atoms with Crippen molar-refractivity contribution < 1.29 is 4.74 Å². The molecule has 2 rings (SSSR count). The van der Waals surface area contributed by atoms with Gasteiger partial charge in [-0.05, 0) is 42.3 Å². The Labute approximate surface area is 110 Å². The molecule has 2 aromatic rings. The highest BCUT2D eigenvalue weighted by Crippen LogP contribution is 2.20. The van der Waals surface area contributed by atoms with E-state index in [0.717, 1.165) is 27.0 Å². The molecule has 0 unspecified atom stereocenters. The minimum atomic E-state index is 0.552. The number of nitrogens with two attached hydrogens (primary N) is 1. The van der Waals surface area contributed by atoms with Crippen LogP contribution < -0.4 is 10.5 Å². The minimum Gasteiger partial charge on any atom is -0.489 e. The molecule has 0 aliphatic rings. The van der Waals surface area contributed by atoms with Crippen LogP contribution in [0.25, 0.3) is 0 Å². The Morgan fingerprint density at radius 2 is 1.82 bits per heavy atom. The van der Waals surface area contributed by atoms with Gasteiger partial charge in [-0.25, -0.2) is 0 Å². The molecular weight excluding hydrogens is 278 g/mol. The molecular formula is C14H14BrNO. The van der Waals surface area contributed by atoms with E-state index in [0.29, 0.717) is 6.61 Å². The molecule has 2 N–H and O–H groups in total. The van der Waals surface area contributed by atoms with Crippen LogP contribution >= 0.6 is 15.9 Å². The third-order valence-corrected chi connectivity index (χ3v) is 2.92. The highest BCUT2D eigenvalue weighted by Gasteiger charge is 1.98. The van der Waals surface area contributed by atoms with Crippen molar-refractivity contribution in [1.29, 1.82) is 0 Å². The van der Waals surface area contributed by atoms with Crippen LogP contribution in [0.3, 0.4) is 0 Å². The van der Waals surface area contributed by atoms with Crippen LogP contribution in [0.15, 0.2) is 46.9 Å².